The summed E-state index contributed by atoms with van der Waals surface area (Å²) >= 11 is 0. The lowest BCUT2D eigenvalue weighted by molar-refractivity contribution is -0.146. The molecule has 0 aliphatic heterocycles. The summed E-state index contributed by atoms with van der Waals surface area (Å²) in [6.45, 7) is 2.41. The summed E-state index contributed by atoms with van der Waals surface area (Å²) in [4.78, 5) is 47.7. The zero-order chi connectivity index (χ0) is 24.0. The van der Waals surface area contributed by atoms with Crippen LogP contribution in [0, 0.1) is 0 Å². The van der Waals surface area contributed by atoms with E-state index in [0.717, 1.165) is 24.3 Å². The molecule has 2 rings (SSSR count). The number of carbonyl (C=O) groups excluding carboxylic acids is 3. The van der Waals surface area contributed by atoms with Gasteiger partial charge in [0, 0.05) is 0 Å². The van der Waals surface area contributed by atoms with Gasteiger partial charge in [-0.15, -0.1) is 0 Å². The van der Waals surface area contributed by atoms with Crippen LogP contribution >= 0.6 is 0 Å². The van der Waals surface area contributed by atoms with Crippen molar-refractivity contribution in [2.45, 2.75) is 6.04 Å². The Bertz CT molecular complexity index is 1100. The number of benzene rings is 2. The molecule has 12 nitrogen and oxygen atoms in total. The van der Waals surface area contributed by atoms with Crippen molar-refractivity contribution < 1.29 is 49.4 Å². The average Bonchev–Trinajstić information content (AvgIpc) is 2.74. The number of carbonyl (C=O) groups is 4. The van der Waals surface area contributed by atoms with E-state index in [1.807, 2.05) is 10.6 Å². The molecule has 0 radical (unpaired) electrons. The van der Waals surface area contributed by atoms with E-state index in [9.17, 15) is 44.7 Å². The number of hydrogen-bond acceptors (Lipinski definition) is 9. The molecule has 0 aliphatic carbocycles. The standard InChI is InChI=1S/C20H18N2O10/c1-9(21-17(27)10-4-2-6-13(23)15(10)25)20(31)32-8-12(19(29)30)22-18(28)11-5-3-7-14(24)16(11)26/h2-7,12,23-26H,1,8H2,(H,21,27)(H,22,28)(H,29,30)/t12-/m0/s1. The molecule has 1 atom stereocenters. The van der Waals surface area contributed by atoms with Gasteiger partial charge in [0.05, 0.1) is 11.1 Å². The largest absolute Gasteiger partial charge is 0.504 e. The summed E-state index contributed by atoms with van der Waals surface area (Å²) < 4.78 is 4.74. The van der Waals surface area contributed by atoms with Gasteiger partial charge < -0.3 is 40.9 Å². The molecule has 12 heteroatoms. The third-order valence-corrected chi connectivity index (χ3v) is 4.01. The molecule has 0 bridgehead atoms. The van der Waals surface area contributed by atoms with Crippen molar-refractivity contribution in [2.75, 3.05) is 6.61 Å². The number of rotatable bonds is 8. The number of phenolic OH excluding ortho intramolecular Hbond substituents is 4. The molecule has 0 aromatic heterocycles. The first kappa shape index (κ1) is 23.5. The molecule has 2 aromatic carbocycles. The second-order valence-corrected chi connectivity index (χ2v) is 6.24. The van der Waals surface area contributed by atoms with Gasteiger partial charge in [-0.3, -0.25) is 9.59 Å². The Morgan fingerprint density at radius 3 is 1.88 bits per heavy atom. The maximum atomic E-state index is 12.2. The number of carboxylic acids is 1. The third kappa shape index (κ3) is 5.44. The Hall–Kier alpha value is -4.74. The zero-order valence-corrected chi connectivity index (χ0v) is 16.2. The van der Waals surface area contributed by atoms with Gasteiger partial charge in [0.25, 0.3) is 11.8 Å². The van der Waals surface area contributed by atoms with E-state index in [1.54, 1.807) is 0 Å². The van der Waals surface area contributed by atoms with E-state index < -0.39 is 70.7 Å². The first-order chi connectivity index (χ1) is 15.0. The van der Waals surface area contributed by atoms with E-state index in [1.165, 1.54) is 12.1 Å². The van der Waals surface area contributed by atoms with E-state index in [2.05, 4.69) is 6.58 Å². The van der Waals surface area contributed by atoms with Gasteiger partial charge >= 0.3 is 11.9 Å². The highest BCUT2D eigenvalue weighted by Gasteiger charge is 2.25. The number of aromatic hydroxyl groups is 4. The number of carboxylic acid groups (broad SMARTS) is 1. The van der Waals surface area contributed by atoms with Gasteiger partial charge in [-0.2, -0.15) is 0 Å². The minimum atomic E-state index is -1.74. The number of phenols is 4. The first-order valence-corrected chi connectivity index (χ1v) is 8.75. The van der Waals surface area contributed by atoms with Crippen LogP contribution < -0.4 is 10.6 Å². The average molecular weight is 446 g/mol. The number of hydrogen-bond donors (Lipinski definition) is 7. The summed E-state index contributed by atoms with van der Waals surface area (Å²) in [5, 5.41) is 51.5. The maximum Gasteiger partial charge on any atom is 0.354 e. The van der Waals surface area contributed by atoms with Crippen LogP contribution in [0.15, 0.2) is 48.7 Å². The smallest absolute Gasteiger partial charge is 0.354 e. The van der Waals surface area contributed by atoms with Gasteiger partial charge in [0.2, 0.25) is 0 Å². The quantitative estimate of drug-likeness (QED) is 0.166. The Morgan fingerprint density at radius 2 is 1.38 bits per heavy atom. The number of amides is 2. The molecule has 7 N–H and O–H groups in total. The fourth-order valence-electron chi connectivity index (χ4n) is 2.34. The monoisotopic (exact) mass is 446 g/mol. The van der Waals surface area contributed by atoms with Gasteiger partial charge in [0.1, 0.15) is 12.3 Å². The lowest BCUT2D eigenvalue weighted by Crippen LogP contribution is -2.44. The first-order valence-electron chi connectivity index (χ1n) is 8.75. The zero-order valence-electron chi connectivity index (χ0n) is 16.2. The van der Waals surface area contributed by atoms with Gasteiger partial charge in [-0.1, -0.05) is 18.7 Å². The fraction of sp³-hybridized carbons (Fsp3) is 0.100. The highest BCUT2D eigenvalue weighted by molar-refractivity contribution is 6.03. The van der Waals surface area contributed by atoms with Gasteiger partial charge in [-0.05, 0) is 24.3 Å². The van der Waals surface area contributed by atoms with Crippen LogP contribution in [0.2, 0.25) is 0 Å². The van der Waals surface area contributed by atoms with E-state index in [0.29, 0.717) is 0 Å². The molecule has 0 saturated carbocycles. The predicted molar refractivity (Wildman–Crippen MR) is 106 cm³/mol. The van der Waals surface area contributed by atoms with E-state index in [-0.39, 0.29) is 5.56 Å². The van der Waals surface area contributed by atoms with Crippen molar-refractivity contribution in [2.24, 2.45) is 0 Å². The Balaban J connectivity index is 1.99. The lowest BCUT2D eigenvalue weighted by Gasteiger charge is -2.16. The van der Waals surface area contributed by atoms with Crippen molar-refractivity contribution in [1.29, 1.82) is 0 Å². The molecule has 0 aliphatic rings. The molecule has 168 valence electrons. The highest BCUT2D eigenvalue weighted by atomic mass is 16.5. The number of para-hydroxylation sites is 2. The Kier molecular flexibility index (Phi) is 7.24. The summed E-state index contributed by atoms with van der Waals surface area (Å²) in [5.74, 6) is -7.53. The Morgan fingerprint density at radius 1 is 0.875 bits per heavy atom. The molecular formula is C20H18N2O10. The molecular weight excluding hydrogens is 428 g/mol. The Labute approximate surface area is 180 Å². The van der Waals surface area contributed by atoms with Crippen LogP contribution in [0.5, 0.6) is 23.0 Å². The molecule has 2 aromatic rings. The number of nitrogens with one attached hydrogen (secondary N) is 2. The van der Waals surface area contributed by atoms with Crippen molar-refractivity contribution in [3.63, 3.8) is 0 Å². The van der Waals surface area contributed by atoms with Crippen molar-refractivity contribution in [1.82, 2.24) is 10.6 Å². The topological polar surface area (TPSA) is 203 Å². The molecule has 0 heterocycles. The second kappa shape index (κ2) is 9.84. The number of aliphatic carboxylic acids is 1. The highest BCUT2D eigenvalue weighted by Crippen LogP contribution is 2.29. The summed E-state index contributed by atoms with van der Waals surface area (Å²) in [6, 6.07) is 5.31. The molecule has 2 amide bonds. The predicted octanol–water partition coefficient (Wildman–Crippen LogP) is 0.179. The number of esters is 1. The van der Waals surface area contributed by atoms with Crippen molar-refractivity contribution in [3.8, 4) is 23.0 Å². The maximum absolute atomic E-state index is 12.2. The van der Waals surface area contributed by atoms with E-state index in [4.69, 9.17) is 4.74 Å². The minimum Gasteiger partial charge on any atom is -0.504 e. The molecule has 0 fully saturated rings. The molecule has 0 spiro atoms. The fourth-order valence-corrected chi connectivity index (χ4v) is 2.34. The summed E-state index contributed by atoms with van der Waals surface area (Å²) in [5.41, 5.74) is -1.38. The van der Waals surface area contributed by atoms with Gasteiger partial charge in [0.15, 0.2) is 29.0 Å². The normalized spacial score (nSPS) is 11.1. The molecule has 0 unspecified atom stereocenters. The van der Waals surface area contributed by atoms with Crippen LogP contribution in [-0.4, -0.2) is 61.9 Å². The van der Waals surface area contributed by atoms with Gasteiger partial charge in [-0.25, -0.2) is 9.59 Å². The molecule has 0 saturated heterocycles. The molecule has 32 heavy (non-hydrogen) atoms. The van der Waals surface area contributed by atoms with Crippen LogP contribution in [0.3, 0.4) is 0 Å². The van der Waals surface area contributed by atoms with Crippen molar-refractivity contribution >= 4 is 23.8 Å². The van der Waals surface area contributed by atoms with Crippen LogP contribution in [0.4, 0.5) is 0 Å². The SMILES string of the molecule is C=C(NC(=O)c1cccc(O)c1O)C(=O)OC[C@H](NC(=O)c1cccc(O)c1O)C(=O)O. The van der Waals surface area contributed by atoms with Crippen LogP contribution in [0.1, 0.15) is 20.7 Å². The summed E-state index contributed by atoms with van der Waals surface area (Å²) in [7, 11) is 0. The summed E-state index contributed by atoms with van der Waals surface area (Å²) in [6.07, 6.45) is 0. The minimum absolute atomic E-state index is 0.361. The third-order valence-electron chi connectivity index (χ3n) is 4.01. The lowest BCUT2D eigenvalue weighted by atomic mass is 10.1. The van der Waals surface area contributed by atoms with Crippen molar-refractivity contribution in [3.05, 3.63) is 59.8 Å². The number of ether oxygens (including phenoxy) is 1. The van der Waals surface area contributed by atoms with Crippen LogP contribution in [0.25, 0.3) is 0 Å². The van der Waals surface area contributed by atoms with Crippen LogP contribution in [-0.2, 0) is 14.3 Å². The second-order valence-electron chi connectivity index (χ2n) is 6.24. The van der Waals surface area contributed by atoms with E-state index >= 15 is 0 Å².